The molecule has 2 aromatic rings. The van der Waals surface area contributed by atoms with Gasteiger partial charge in [0.25, 0.3) is 0 Å². The van der Waals surface area contributed by atoms with Crippen LogP contribution in [-0.2, 0) is 6.42 Å². The molecule has 1 aromatic carbocycles. The third kappa shape index (κ3) is 2.89. The number of benzene rings is 1. The van der Waals surface area contributed by atoms with Gasteiger partial charge in [-0.1, -0.05) is 21.1 Å². The lowest BCUT2D eigenvalue weighted by Crippen LogP contribution is -2.00. The predicted molar refractivity (Wildman–Crippen MR) is 64.8 cm³/mol. The Morgan fingerprint density at radius 2 is 2.24 bits per heavy atom. The molecule has 2 rings (SSSR count). The largest absolute Gasteiger partial charge is 0.339 e. The second kappa shape index (κ2) is 5.37. The highest BCUT2D eigenvalue weighted by Crippen LogP contribution is 2.26. The van der Waals surface area contributed by atoms with Gasteiger partial charge in [0.2, 0.25) is 11.7 Å². The van der Waals surface area contributed by atoms with Gasteiger partial charge in [-0.25, -0.2) is 4.39 Å². The lowest BCUT2D eigenvalue weighted by atomic mass is 10.2. The van der Waals surface area contributed by atoms with Gasteiger partial charge in [0.1, 0.15) is 5.82 Å². The average molecular weight is 300 g/mol. The third-order valence-electron chi connectivity index (χ3n) is 2.23. The van der Waals surface area contributed by atoms with Crippen molar-refractivity contribution >= 4 is 15.9 Å². The summed E-state index contributed by atoms with van der Waals surface area (Å²) < 4.78 is 18.9. The van der Waals surface area contributed by atoms with Crippen molar-refractivity contribution < 1.29 is 8.91 Å². The molecule has 1 heterocycles. The van der Waals surface area contributed by atoms with Gasteiger partial charge in [0.15, 0.2) is 0 Å². The van der Waals surface area contributed by atoms with Gasteiger partial charge in [0.05, 0.1) is 0 Å². The highest BCUT2D eigenvalue weighted by molar-refractivity contribution is 9.10. The molecule has 0 amide bonds. The summed E-state index contributed by atoms with van der Waals surface area (Å²) in [4.78, 5) is 4.19. The van der Waals surface area contributed by atoms with Crippen LogP contribution in [0.25, 0.3) is 11.4 Å². The van der Waals surface area contributed by atoms with Crippen LogP contribution in [0.1, 0.15) is 12.3 Å². The van der Waals surface area contributed by atoms with Gasteiger partial charge in [-0.2, -0.15) is 4.98 Å². The van der Waals surface area contributed by atoms with E-state index < -0.39 is 0 Å². The van der Waals surface area contributed by atoms with Crippen molar-refractivity contribution in [2.45, 2.75) is 12.8 Å². The first-order valence-corrected chi connectivity index (χ1v) is 5.98. The Balaban J connectivity index is 2.27. The number of nitrogens with two attached hydrogens (primary N) is 1. The van der Waals surface area contributed by atoms with E-state index in [1.807, 2.05) is 0 Å². The van der Waals surface area contributed by atoms with Crippen molar-refractivity contribution in [2.24, 2.45) is 5.73 Å². The van der Waals surface area contributed by atoms with Crippen LogP contribution < -0.4 is 5.73 Å². The summed E-state index contributed by atoms with van der Waals surface area (Å²) in [6.45, 7) is 0.571. The van der Waals surface area contributed by atoms with Crippen molar-refractivity contribution in [1.29, 1.82) is 0 Å². The topological polar surface area (TPSA) is 64.9 Å². The maximum Gasteiger partial charge on any atom is 0.227 e. The van der Waals surface area contributed by atoms with E-state index in [1.165, 1.54) is 12.1 Å². The third-order valence-corrected chi connectivity index (χ3v) is 2.92. The van der Waals surface area contributed by atoms with E-state index in [-0.39, 0.29) is 5.82 Å². The number of halogens is 2. The molecular weight excluding hydrogens is 289 g/mol. The molecule has 6 heteroatoms. The molecule has 0 unspecified atom stereocenters. The summed E-state index contributed by atoms with van der Waals surface area (Å²) in [6.07, 6.45) is 1.42. The zero-order chi connectivity index (χ0) is 12.3. The average Bonchev–Trinajstić information content (AvgIpc) is 2.78. The highest BCUT2D eigenvalue weighted by Gasteiger charge is 2.12. The summed E-state index contributed by atoms with van der Waals surface area (Å²) in [5, 5.41) is 3.82. The summed E-state index contributed by atoms with van der Waals surface area (Å²) in [7, 11) is 0. The smallest absolute Gasteiger partial charge is 0.227 e. The molecule has 0 bridgehead atoms. The number of hydrogen-bond acceptors (Lipinski definition) is 4. The van der Waals surface area contributed by atoms with Crippen LogP contribution in [0.4, 0.5) is 4.39 Å². The van der Waals surface area contributed by atoms with Crippen molar-refractivity contribution in [3.63, 3.8) is 0 Å². The predicted octanol–water partition coefficient (Wildman–Crippen LogP) is 2.53. The molecule has 4 nitrogen and oxygen atoms in total. The monoisotopic (exact) mass is 299 g/mol. The first-order chi connectivity index (χ1) is 8.20. The molecule has 17 heavy (non-hydrogen) atoms. The van der Waals surface area contributed by atoms with Crippen LogP contribution in [-0.4, -0.2) is 16.7 Å². The van der Waals surface area contributed by atoms with E-state index in [0.29, 0.717) is 30.2 Å². The Morgan fingerprint density at radius 3 is 3.00 bits per heavy atom. The zero-order valence-electron chi connectivity index (χ0n) is 8.99. The van der Waals surface area contributed by atoms with Gasteiger partial charge in [-0.3, -0.25) is 0 Å². The lowest BCUT2D eigenvalue weighted by molar-refractivity contribution is 0.376. The van der Waals surface area contributed by atoms with Gasteiger partial charge >= 0.3 is 0 Å². The molecule has 0 saturated heterocycles. The molecule has 0 saturated carbocycles. The molecule has 0 aliphatic rings. The van der Waals surface area contributed by atoms with Gasteiger partial charge in [-0.15, -0.1) is 0 Å². The first-order valence-electron chi connectivity index (χ1n) is 5.19. The summed E-state index contributed by atoms with van der Waals surface area (Å²) in [5.41, 5.74) is 5.97. The second-order valence-corrected chi connectivity index (χ2v) is 4.38. The molecule has 1 aromatic heterocycles. The van der Waals surface area contributed by atoms with Crippen LogP contribution in [0, 0.1) is 5.82 Å². The summed E-state index contributed by atoms with van der Waals surface area (Å²) >= 11 is 3.32. The first kappa shape index (κ1) is 12.2. The van der Waals surface area contributed by atoms with E-state index in [0.717, 1.165) is 10.9 Å². The number of aryl methyl sites for hydroxylation is 1. The van der Waals surface area contributed by atoms with Crippen molar-refractivity contribution in [1.82, 2.24) is 10.1 Å². The Labute approximate surface area is 106 Å². The quantitative estimate of drug-likeness (QED) is 0.942. The fraction of sp³-hybridized carbons (Fsp3) is 0.273. The fourth-order valence-electron chi connectivity index (χ4n) is 1.39. The minimum Gasteiger partial charge on any atom is -0.339 e. The lowest BCUT2D eigenvalue weighted by Gasteiger charge is -1.98. The van der Waals surface area contributed by atoms with Crippen LogP contribution in [0.3, 0.4) is 0 Å². The SMILES string of the molecule is NCCCc1nc(-c2cc(F)ccc2Br)no1. The van der Waals surface area contributed by atoms with Crippen molar-refractivity contribution in [3.05, 3.63) is 34.4 Å². The Morgan fingerprint density at radius 1 is 1.41 bits per heavy atom. The molecule has 0 aliphatic carbocycles. The van der Waals surface area contributed by atoms with Gasteiger partial charge < -0.3 is 10.3 Å². The van der Waals surface area contributed by atoms with Crippen LogP contribution in [0.5, 0.6) is 0 Å². The van der Waals surface area contributed by atoms with E-state index in [9.17, 15) is 4.39 Å². The van der Waals surface area contributed by atoms with Gasteiger partial charge in [-0.05, 0) is 31.2 Å². The van der Waals surface area contributed by atoms with Crippen LogP contribution in [0.15, 0.2) is 27.2 Å². The van der Waals surface area contributed by atoms with Crippen molar-refractivity contribution in [3.8, 4) is 11.4 Å². The van der Waals surface area contributed by atoms with Crippen LogP contribution in [0.2, 0.25) is 0 Å². The molecule has 2 N–H and O–H groups in total. The normalized spacial score (nSPS) is 10.8. The van der Waals surface area contributed by atoms with Crippen molar-refractivity contribution in [2.75, 3.05) is 6.54 Å². The minimum absolute atomic E-state index is 0.337. The molecule has 0 atom stereocenters. The Kier molecular flexibility index (Phi) is 3.86. The van der Waals surface area contributed by atoms with Gasteiger partial charge in [0, 0.05) is 16.5 Å². The fourth-order valence-corrected chi connectivity index (χ4v) is 1.81. The van der Waals surface area contributed by atoms with E-state index in [1.54, 1.807) is 6.07 Å². The summed E-state index contributed by atoms with van der Waals surface area (Å²) in [6, 6.07) is 4.34. The number of hydrogen-bond donors (Lipinski definition) is 1. The number of aromatic nitrogens is 2. The molecule has 0 fully saturated rings. The Hall–Kier alpha value is -1.27. The maximum absolute atomic E-state index is 13.1. The highest BCUT2D eigenvalue weighted by atomic mass is 79.9. The summed E-state index contributed by atoms with van der Waals surface area (Å²) in [5.74, 6) is 0.557. The molecule has 90 valence electrons. The molecule has 0 aliphatic heterocycles. The van der Waals surface area contributed by atoms with E-state index in [4.69, 9.17) is 10.3 Å². The van der Waals surface area contributed by atoms with E-state index in [2.05, 4.69) is 26.1 Å². The van der Waals surface area contributed by atoms with Crippen LogP contribution >= 0.6 is 15.9 Å². The van der Waals surface area contributed by atoms with E-state index >= 15 is 0 Å². The maximum atomic E-state index is 13.1. The minimum atomic E-state index is -0.337. The zero-order valence-corrected chi connectivity index (χ0v) is 10.6. The Bertz CT molecular complexity index is 515. The molecular formula is C11H11BrFN3O. The second-order valence-electron chi connectivity index (χ2n) is 3.53. The molecule has 0 spiro atoms. The number of rotatable bonds is 4. The number of nitrogens with zero attached hydrogens (tertiary/aromatic N) is 2. The molecule has 0 radical (unpaired) electrons. The standard InChI is InChI=1S/C11H11BrFN3O/c12-9-4-3-7(13)6-8(9)11-15-10(17-16-11)2-1-5-14/h3-4,6H,1-2,5,14H2.